The van der Waals surface area contributed by atoms with Gasteiger partial charge in [-0.3, -0.25) is 4.79 Å². The van der Waals surface area contributed by atoms with Crippen LogP contribution in [0.5, 0.6) is 5.75 Å². The van der Waals surface area contributed by atoms with Gasteiger partial charge in [0, 0.05) is 23.9 Å². The number of sulfonamides is 1. The Morgan fingerprint density at radius 2 is 1.89 bits per heavy atom. The minimum absolute atomic E-state index is 0.0473. The molecule has 8 nitrogen and oxygen atoms in total. The van der Waals surface area contributed by atoms with Crippen LogP contribution < -0.4 is 14.6 Å². The summed E-state index contributed by atoms with van der Waals surface area (Å²) >= 11 is 6.56. The van der Waals surface area contributed by atoms with E-state index in [4.69, 9.17) is 20.9 Å². The SMILES string of the molecule is COc1cc(-c2cccc(F)c2)c(Cl)cc1N(c1ccon1)S(=O)(=O)c1ccc2c[nH]c(=O)cc2c1. The molecule has 0 radical (unpaired) electrons. The first-order valence-electron chi connectivity index (χ1n) is 10.5. The van der Waals surface area contributed by atoms with Gasteiger partial charge in [0.1, 0.15) is 23.5 Å². The Balaban J connectivity index is 1.71. The average Bonchev–Trinajstić information content (AvgIpc) is 3.38. The summed E-state index contributed by atoms with van der Waals surface area (Å²) in [4.78, 5) is 14.2. The van der Waals surface area contributed by atoms with Crippen LogP contribution in [-0.2, 0) is 10.0 Å². The molecule has 0 amide bonds. The highest BCUT2D eigenvalue weighted by Crippen LogP contribution is 2.43. The number of ether oxygens (including phenoxy) is 1. The highest BCUT2D eigenvalue weighted by molar-refractivity contribution is 7.93. The van der Waals surface area contributed by atoms with Gasteiger partial charge in [0.05, 0.1) is 17.0 Å². The smallest absolute Gasteiger partial charge is 0.270 e. The van der Waals surface area contributed by atoms with E-state index in [-0.39, 0.29) is 32.7 Å². The van der Waals surface area contributed by atoms with E-state index in [1.54, 1.807) is 18.2 Å². The summed E-state index contributed by atoms with van der Waals surface area (Å²) in [6, 6.07) is 15.8. The molecule has 2 heterocycles. The lowest BCUT2D eigenvalue weighted by Crippen LogP contribution is -2.27. The van der Waals surface area contributed by atoms with Crippen molar-refractivity contribution in [3.05, 3.63) is 100 Å². The van der Waals surface area contributed by atoms with Crippen LogP contribution in [0.15, 0.2) is 93.4 Å². The summed E-state index contributed by atoms with van der Waals surface area (Å²) in [6.45, 7) is 0. The molecule has 0 bridgehead atoms. The van der Waals surface area contributed by atoms with Gasteiger partial charge in [-0.15, -0.1) is 0 Å². The number of pyridine rings is 1. The second-order valence-corrected chi connectivity index (χ2v) is 9.92. The molecule has 0 fully saturated rings. The number of hydrogen-bond acceptors (Lipinski definition) is 6. The Labute approximate surface area is 209 Å². The number of aromatic amines is 1. The third kappa shape index (κ3) is 4.21. The molecular weight excluding hydrogens is 509 g/mol. The van der Waals surface area contributed by atoms with E-state index in [0.29, 0.717) is 21.9 Å². The second-order valence-electron chi connectivity index (χ2n) is 7.73. The maximum Gasteiger partial charge on any atom is 0.270 e. The molecule has 0 saturated heterocycles. The molecule has 182 valence electrons. The lowest BCUT2D eigenvalue weighted by molar-refractivity contribution is 0.414. The monoisotopic (exact) mass is 525 g/mol. The topological polar surface area (TPSA) is 106 Å². The Morgan fingerprint density at radius 1 is 1.06 bits per heavy atom. The van der Waals surface area contributed by atoms with E-state index >= 15 is 0 Å². The Bertz CT molecular complexity index is 1750. The lowest BCUT2D eigenvalue weighted by atomic mass is 10.0. The summed E-state index contributed by atoms with van der Waals surface area (Å²) in [5, 5.41) is 5.08. The van der Waals surface area contributed by atoms with E-state index in [1.807, 2.05) is 0 Å². The largest absolute Gasteiger partial charge is 0.495 e. The van der Waals surface area contributed by atoms with E-state index in [9.17, 15) is 17.6 Å². The van der Waals surface area contributed by atoms with Gasteiger partial charge in [0.2, 0.25) is 5.56 Å². The Kier molecular flexibility index (Phi) is 5.99. The van der Waals surface area contributed by atoms with Gasteiger partial charge in [-0.05, 0) is 52.7 Å². The van der Waals surface area contributed by atoms with Crippen molar-refractivity contribution in [2.24, 2.45) is 0 Å². The van der Waals surface area contributed by atoms with Crippen molar-refractivity contribution < 1.29 is 22.1 Å². The number of nitrogens with zero attached hydrogens (tertiary/aromatic N) is 2. The number of nitrogens with one attached hydrogen (secondary N) is 1. The summed E-state index contributed by atoms with van der Waals surface area (Å²) in [7, 11) is -2.94. The minimum Gasteiger partial charge on any atom is -0.495 e. The van der Waals surface area contributed by atoms with Crippen LogP contribution in [0.3, 0.4) is 0 Å². The Hall–Kier alpha value is -4.15. The molecule has 2 aromatic heterocycles. The van der Waals surface area contributed by atoms with Crippen molar-refractivity contribution in [3.63, 3.8) is 0 Å². The number of anilines is 2. The number of benzene rings is 3. The number of methoxy groups -OCH3 is 1. The number of fused-ring (bicyclic) bond motifs is 1. The number of rotatable bonds is 6. The van der Waals surface area contributed by atoms with Crippen molar-refractivity contribution in [2.45, 2.75) is 4.90 Å². The van der Waals surface area contributed by atoms with Crippen LogP contribution in [0.4, 0.5) is 15.9 Å². The number of halogens is 2. The molecule has 0 saturated carbocycles. The van der Waals surface area contributed by atoms with Crippen LogP contribution in [0.2, 0.25) is 5.02 Å². The van der Waals surface area contributed by atoms with Crippen molar-refractivity contribution in [1.82, 2.24) is 10.1 Å². The highest BCUT2D eigenvalue weighted by atomic mass is 35.5. The molecule has 5 aromatic rings. The normalized spacial score (nSPS) is 11.5. The molecule has 0 aliphatic carbocycles. The third-order valence-electron chi connectivity index (χ3n) is 5.51. The zero-order valence-electron chi connectivity index (χ0n) is 18.6. The summed E-state index contributed by atoms with van der Waals surface area (Å²) in [6.07, 6.45) is 2.73. The summed E-state index contributed by atoms with van der Waals surface area (Å²) in [5.74, 6) is -0.357. The van der Waals surface area contributed by atoms with E-state index < -0.39 is 15.8 Å². The van der Waals surface area contributed by atoms with Crippen LogP contribution in [0.1, 0.15) is 0 Å². The zero-order valence-corrected chi connectivity index (χ0v) is 20.2. The van der Waals surface area contributed by atoms with Crippen molar-refractivity contribution in [1.29, 1.82) is 0 Å². The fourth-order valence-electron chi connectivity index (χ4n) is 3.84. The average molecular weight is 526 g/mol. The maximum absolute atomic E-state index is 13.9. The number of H-pyrrole nitrogens is 1. The molecule has 0 aliphatic heterocycles. The van der Waals surface area contributed by atoms with Crippen LogP contribution in [-0.4, -0.2) is 25.7 Å². The molecule has 1 N–H and O–H groups in total. The molecule has 0 unspecified atom stereocenters. The van der Waals surface area contributed by atoms with Gasteiger partial charge in [0.15, 0.2) is 5.82 Å². The van der Waals surface area contributed by atoms with Crippen molar-refractivity contribution in [2.75, 3.05) is 11.4 Å². The third-order valence-corrected chi connectivity index (χ3v) is 7.54. The van der Waals surface area contributed by atoms with Crippen molar-refractivity contribution in [3.8, 4) is 16.9 Å². The first kappa shape index (κ1) is 23.6. The molecule has 36 heavy (non-hydrogen) atoms. The first-order chi connectivity index (χ1) is 17.3. The fraction of sp³-hybridized carbons (Fsp3) is 0.0400. The standard InChI is InChI=1S/C25H17ClFN3O5S/c1-34-23-12-20(15-3-2-4-18(27)9-15)21(26)13-22(23)30(24-7-8-35-29-24)36(32,33)19-6-5-16-14-28-25(31)11-17(16)10-19/h2-14H,1H3,(H,28,31). The summed E-state index contributed by atoms with van der Waals surface area (Å²) < 4.78 is 53.1. The minimum atomic E-state index is -4.32. The van der Waals surface area contributed by atoms with Gasteiger partial charge in [-0.1, -0.05) is 35.0 Å². The van der Waals surface area contributed by atoms with Crippen LogP contribution in [0, 0.1) is 5.82 Å². The van der Waals surface area contributed by atoms with E-state index in [0.717, 1.165) is 4.31 Å². The van der Waals surface area contributed by atoms with E-state index in [1.165, 1.54) is 68.1 Å². The fourth-order valence-corrected chi connectivity index (χ4v) is 5.57. The molecule has 11 heteroatoms. The molecule has 0 aliphatic rings. The number of hydrogen-bond donors (Lipinski definition) is 1. The second kappa shape index (κ2) is 9.14. The summed E-state index contributed by atoms with van der Waals surface area (Å²) in [5.41, 5.74) is 0.619. The molecule has 3 aromatic carbocycles. The van der Waals surface area contributed by atoms with Gasteiger partial charge in [0.25, 0.3) is 10.0 Å². The molecule has 5 rings (SSSR count). The predicted octanol–water partition coefficient (Wildman–Crippen LogP) is 5.51. The lowest BCUT2D eigenvalue weighted by Gasteiger charge is -2.24. The van der Waals surface area contributed by atoms with Crippen molar-refractivity contribution >= 4 is 43.9 Å². The van der Waals surface area contributed by atoms with Crippen LogP contribution in [0.25, 0.3) is 21.9 Å². The van der Waals surface area contributed by atoms with Gasteiger partial charge in [-0.25, -0.2) is 17.1 Å². The van der Waals surface area contributed by atoms with Crippen LogP contribution >= 0.6 is 11.6 Å². The number of aromatic nitrogens is 2. The highest BCUT2D eigenvalue weighted by Gasteiger charge is 2.32. The van der Waals surface area contributed by atoms with Gasteiger partial charge < -0.3 is 14.2 Å². The Morgan fingerprint density at radius 3 is 2.61 bits per heavy atom. The maximum atomic E-state index is 13.9. The molecule has 0 spiro atoms. The first-order valence-corrected chi connectivity index (χ1v) is 12.3. The zero-order chi connectivity index (χ0) is 25.4. The molecular formula is C25H17ClFN3O5S. The van der Waals surface area contributed by atoms with Gasteiger partial charge >= 0.3 is 0 Å². The van der Waals surface area contributed by atoms with E-state index in [2.05, 4.69) is 10.1 Å². The van der Waals surface area contributed by atoms with Gasteiger partial charge in [-0.2, -0.15) is 0 Å². The molecule has 0 atom stereocenters. The predicted molar refractivity (Wildman–Crippen MR) is 134 cm³/mol. The quantitative estimate of drug-likeness (QED) is 0.313.